The maximum absolute atomic E-state index is 11.6. The SMILES string of the molecule is CC1(O)CCC2C(C)(C)CC3OC(=O)CCC32C1. The van der Waals surface area contributed by atoms with Gasteiger partial charge in [0.25, 0.3) is 0 Å². The molecule has 4 atom stereocenters. The molecule has 4 unspecified atom stereocenters. The zero-order valence-electron chi connectivity index (χ0n) is 11.7. The quantitative estimate of drug-likeness (QED) is 0.674. The van der Waals surface area contributed by atoms with Crippen LogP contribution in [-0.4, -0.2) is 22.8 Å². The molecule has 3 fully saturated rings. The molecule has 1 N–H and O–H groups in total. The van der Waals surface area contributed by atoms with Crippen LogP contribution in [0.2, 0.25) is 0 Å². The van der Waals surface area contributed by atoms with Gasteiger partial charge in [-0.25, -0.2) is 0 Å². The summed E-state index contributed by atoms with van der Waals surface area (Å²) < 4.78 is 5.65. The molecule has 3 heteroatoms. The molecule has 0 bridgehead atoms. The van der Waals surface area contributed by atoms with Crippen LogP contribution < -0.4 is 0 Å². The number of esters is 1. The van der Waals surface area contributed by atoms with Gasteiger partial charge in [-0.15, -0.1) is 0 Å². The second-order valence-corrected chi connectivity index (χ2v) is 7.67. The van der Waals surface area contributed by atoms with Crippen LogP contribution in [0.1, 0.15) is 59.3 Å². The molecule has 0 radical (unpaired) electrons. The number of hydrogen-bond donors (Lipinski definition) is 1. The third kappa shape index (κ3) is 1.63. The fourth-order valence-corrected chi connectivity index (χ4v) is 5.13. The van der Waals surface area contributed by atoms with E-state index in [0.717, 1.165) is 32.1 Å². The zero-order valence-corrected chi connectivity index (χ0v) is 11.7. The van der Waals surface area contributed by atoms with Crippen molar-refractivity contribution in [3.8, 4) is 0 Å². The van der Waals surface area contributed by atoms with Crippen LogP contribution >= 0.6 is 0 Å². The molecule has 0 aromatic rings. The Labute approximate surface area is 109 Å². The van der Waals surface area contributed by atoms with E-state index in [1.165, 1.54) is 0 Å². The number of aliphatic hydroxyl groups is 1. The van der Waals surface area contributed by atoms with Crippen molar-refractivity contribution in [1.82, 2.24) is 0 Å². The summed E-state index contributed by atoms with van der Waals surface area (Å²) in [6.45, 7) is 6.54. The zero-order chi connectivity index (χ0) is 13.2. The molecule has 1 saturated heterocycles. The smallest absolute Gasteiger partial charge is 0.306 e. The molecular formula is C15H24O3. The molecule has 3 aliphatic rings. The van der Waals surface area contributed by atoms with Crippen LogP contribution in [0, 0.1) is 16.7 Å². The van der Waals surface area contributed by atoms with E-state index in [1.807, 2.05) is 6.92 Å². The first-order valence-electron chi connectivity index (χ1n) is 7.17. The number of hydrogen-bond acceptors (Lipinski definition) is 3. The summed E-state index contributed by atoms with van der Waals surface area (Å²) in [5, 5.41) is 10.5. The Kier molecular flexibility index (Phi) is 2.42. The highest BCUT2D eigenvalue weighted by atomic mass is 16.5. The van der Waals surface area contributed by atoms with Crippen molar-refractivity contribution in [1.29, 1.82) is 0 Å². The van der Waals surface area contributed by atoms with E-state index in [1.54, 1.807) is 0 Å². The van der Waals surface area contributed by atoms with Crippen molar-refractivity contribution >= 4 is 5.97 Å². The van der Waals surface area contributed by atoms with Crippen LogP contribution in [0.4, 0.5) is 0 Å². The summed E-state index contributed by atoms with van der Waals surface area (Å²) in [6, 6.07) is 0. The standard InChI is InChI=1S/C15H24O3/c1-13(2)8-11-15(7-5-12(16)18-11)9-14(3,17)6-4-10(13)15/h10-11,17H,4-9H2,1-3H3. The van der Waals surface area contributed by atoms with Gasteiger partial charge in [-0.05, 0) is 50.4 Å². The minimum Gasteiger partial charge on any atom is -0.462 e. The van der Waals surface area contributed by atoms with Crippen molar-refractivity contribution < 1.29 is 14.6 Å². The van der Waals surface area contributed by atoms with Crippen molar-refractivity contribution in [2.24, 2.45) is 16.7 Å². The largest absolute Gasteiger partial charge is 0.462 e. The van der Waals surface area contributed by atoms with Gasteiger partial charge in [0.15, 0.2) is 0 Å². The van der Waals surface area contributed by atoms with E-state index in [4.69, 9.17) is 4.74 Å². The van der Waals surface area contributed by atoms with Crippen LogP contribution in [0.25, 0.3) is 0 Å². The van der Waals surface area contributed by atoms with Gasteiger partial charge in [0.05, 0.1) is 5.60 Å². The van der Waals surface area contributed by atoms with Gasteiger partial charge < -0.3 is 9.84 Å². The van der Waals surface area contributed by atoms with Gasteiger partial charge in [-0.1, -0.05) is 13.8 Å². The molecule has 3 rings (SSSR count). The first kappa shape index (κ1) is 12.5. The second kappa shape index (κ2) is 3.50. The van der Waals surface area contributed by atoms with Crippen LogP contribution in [0.5, 0.6) is 0 Å². The summed E-state index contributed by atoms with van der Waals surface area (Å²) in [7, 11) is 0. The van der Waals surface area contributed by atoms with Crippen molar-refractivity contribution in [3.63, 3.8) is 0 Å². The van der Waals surface area contributed by atoms with E-state index < -0.39 is 5.60 Å². The van der Waals surface area contributed by atoms with Gasteiger partial charge in [0, 0.05) is 11.8 Å². The average Bonchev–Trinajstić information content (AvgIpc) is 2.43. The molecule has 3 nitrogen and oxygen atoms in total. The number of carbonyl (C=O) groups excluding carboxylic acids is 1. The van der Waals surface area contributed by atoms with Crippen molar-refractivity contribution in [2.75, 3.05) is 0 Å². The molecular weight excluding hydrogens is 228 g/mol. The van der Waals surface area contributed by atoms with E-state index in [2.05, 4.69) is 13.8 Å². The Hall–Kier alpha value is -0.570. The topological polar surface area (TPSA) is 46.5 Å². The van der Waals surface area contributed by atoms with Crippen LogP contribution in [-0.2, 0) is 9.53 Å². The minimum absolute atomic E-state index is 0.0329. The molecule has 2 saturated carbocycles. The molecule has 1 aliphatic heterocycles. The average molecular weight is 252 g/mol. The fraction of sp³-hybridized carbons (Fsp3) is 0.933. The Morgan fingerprint density at radius 1 is 1.28 bits per heavy atom. The third-order valence-corrected chi connectivity index (χ3v) is 5.74. The summed E-state index contributed by atoms with van der Waals surface area (Å²) in [5.74, 6) is 0.538. The Balaban J connectivity index is 1.99. The van der Waals surface area contributed by atoms with Crippen molar-refractivity contribution in [3.05, 3.63) is 0 Å². The fourth-order valence-electron chi connectivity index (χ4n) is 5.13. The Bertz CT molecular complexity index is 385. The van der Waals surface area contributed by atoms with Crippen molar-refractivity contribution in [2.45, 2.75) is 71.0 Å². The lowest BCUT2D eigenvalue weighted by Crippen LogP contribution is -2.51. The van der Waals surface area contributed by atoms with Gasteiger partial charge in [-0.3, -0.25) is 4.79 Å². The van der Waals surface area contributed by atoms with E-state index >= 15 is 0 Å². The first-order chi connectivity index (χ1) is 8.25. The summed E-state index contributed by atoms with van der Waals surface area (Å²) >= 11 is 0. The maximum atomic E-state index is 11.6. The summed E-state index contributed by atoms with van der Waals surface area (Å²) in [4.78, 5) is 11.6. The van der Waals surface area contributed by atoms with Crippen LogP contribution in [0.15, 0.2) is 0 Å². The second-order valence-electron chi connectivity index (χ2n) is 7.67. The highest BCUT2D eigenvalue weighted by Gasteiger charge is 2.64. The number of rotatable bonds is 0. The predicted octanol–water partition coefficient (Wildman–Crippen LogP) is 2.66. The number of carbonyl (C=O) groups is 1. The van der Waals surface area contributed by atoms with Crippen LogP contribution in [0.3, 0.4) is 0 Å². The molecule has 1 heterocycles. The lowest BCUT2D eigenvalue weighted by atomic mass is 9.56. The van der Waals surface area contributed by atoms with E-state index in [-0.39, 0.29) is 22.9 Å². The highest BCUT2D eigenvalue weighted by molar-refractivity contribution is 5.70. The normalized spacial score (nSPS) is 50.3. The van der Waals surface area contributed by atoms with E-state index in [0.29, 0.717) is 12.3 Å². The molecule has 0 aromatic carbocycles. The van der Waals surface area contributed by atoms with Gasteiger partial charge in [0.2, 0.25) is 0 Å². The molecule has 0 amide bonds. The number of ether oxygens (including phenoxy) is 1. The lowest BCUT2D eigenvalue weighted by molar-refractivity contribution is -0.178. The van der Waals surface area contributed by atoms with Gasteiger partial charge >= 0.3 is 5.97 Å². The molecule has 1 spiro atoms. The lowest BCUT2D eigenvalue weighted by Gasteiger charge is -2.51. The summed E-state index contributed by atoms with van der Waals surface area (Å²) in [5.41, 5.74) is -0.316. The minimum atomic E-state index is -0.584. The Morgan fingerprint density at radius 2 is 2.00 bits per heavy atom. The molecule has 0 aromatic heterocycles. The Morgan fingerprint density at radius 3 is 2.72 bits per heavy atom. The molecule has 2 aliphatic carbocycles. The van der Waals surface area contributed by atoms with E-state index in [9.17, 15) is 9.90 Å². The third-order valence-electron chi connectivity index (χ3n) is 5.74. The first-order valence-corrected chi connectivity index (χ1v) is 7.17. The molecule has 18 heavy (non-hydrogen) atoms. The van der Waals surface area contributed by atoms with Gasteiger partial charge in [-0.2, -0.15) is 0 Å². The maximum Gasteiger partial charge on any atom is 0.306 e. The molecule has 102 valence electrons. The van der Waals surface area contributed by atoms with Gasteiger partial charge in [0.1, 0.15) is 6.10 Å². The summed E-state index contributed by atoms with van der Waals surface area (Å²) in [6.07, 6.45) is 5.16. The monoisotopic (exact) mass is 252 g/mol. The predicted molar refractivity (Wildman–Crippen MR) is 67.9 cm³/mol. The highest BCUT2D eigenvalue weighted by Crippen LogP contribution is 2.65.